The Bertz CT molecular complexity index is 1530. The second kappa shape index (κ2) is 8.74. The zero-order valence-corrected chi connectivity index (χ0v) is 18.7. The maximum absolute atomic E-state index is 15.0. The number of aromatic nitrogens is 1. The molecule has 9 heteroatoms. The zero-order valence-electron chi connectivity index (χ0n) is 17.9. The molecular weight excluding hydrogens is 450 g/mol. The van der Waals surface area contributed by atoms with Crippen molar-refractivity contribution in [2.24, 2.45) is 0 Å². The van der Waals surface area contributed by atoms with E-state index < -0.39 is 27.0 Å². The third-order valence-electron chi connectivity index (χ3n) is 5.15. The Balaban J connectivity index is 1.70. The quantitative estimate of drug-likeness (QED) is 0.384. The minimum Gasteiger partial charge on any atom is -0.436 e. The topological polar surface area (TPSA) is 93.2 Å². The van der Waals surface area contributed by atoms with Gasteiger partial charge in [0.15, 0.2) is 5.82 Å². The van der Waals surface area contributed by atoms with Crippen LogP contribution in [0.5, 0.6) is 11.6 Å². The molecule has 4 aromatic rings. The molecule has 1 atom stereocenters. The van der Waals surface area contributed by atoms with Gasteiger partial charge in [0.05, 0.1) is 5.75 Å². The van der Waals surface area contributed by atoms with Gasteiger partial charge in [0.2, 0.25) is 0 Å². The third-order valence-corrected chi connectivity index (χ3v) is 6.02. The standard InChI is InChI=1S/C24H20F2N2O4S/c1-14-18-9-8-17(31-23-20(25)7-4-10-28-23)12-21(18)32-24(29)19(14)11-15-5-3-6-16(22(15)26)13-33(2,27)30/h3-10,12,27H,11,13H2,1-2H3. The summed E-state index contributed by atoms with van der Waals surface area (Å²) in [4.78, 5) is 16.6. The van der Waals surface area contributed by atoms with Crippen LogP contribution < -0.4 is 10.4 Å². The molecule has 0 radical (unpaired) electrons. The van der Waals surface area contributed by atoms with Crippen LogP contribution in [0.1, 0.15) is 22.3 Å². The Hall–Kier alpha value is -3.59. The molecule has 1 unspecified atom stereocenters. The fourth-order valence-electron chi connectivity index (χ4n) is 3.57. The number of nitrogens with one attached hydrogen (secondary N) is 1. The van der Waals surface area contributed by atoms with Gasteiger partial charge in [-0.25, -0.2) is 22.8 Å². The largest absolute Gasteiger partial charge is 0.436 e. The first-order valence-corrected chi connectivity index (χ1v) is 12.1. The first-order valence-electron chi connectivity index (χ1n) is 9.95. The Morgan fingerprint density at radius 2 is 1.88 bits per heavy atom. The van der Waals surface area contributed by atoms with Crippen molar-refractivity contribution in [2.75, 3.05) is 6.26 Å². The fraction of sp³-hybridized carbons (Fsp3) is 0.167. The molecule has 0 saturated carbocycles. The van der Waals surface area contributed by atoms with E-state index in [9.17, 15) is 17.8 Å². The average molecular weight is 470 g/mol. The molecule has 0 bridgehead atoms. The molecule has 33 heavy (non-hydrogen) atoms. The van der Waals surface area contributed by atoms with Crippen molar-refractivity contribution in [1.29, 1.82) is 4.78 Å². The Labute approximate surface area is 188 Å². The molecule has 170 valence electrons. The van der Waals surface area contributed by atoms with E-state index in [0.29, 0.717) is 10.9 Å². The van der Waals surface area contributed by atoms with E-state index >= 15 is 0 Å². The van der Waals surface area contributed by atoms with Gasteiger partial charge < -0.3 is 9.15 Å². The maximum Gasteiger partial charge on any atom is 0.340 e. The predicted octanol–water partition coefficient (Wildman–Crippen LogP) is 5.33. The molecule has 0 aliphatic carbocycles. The minimum absolute atomic E-state index is 0.0237. The number of aryl methyl sites for hydroxylation is 1. The lowest BCUT2D eigenvalue weighted by Gasteiger charge is -2.12. The molecular formula is C24H20F2N2O4S. The predicted molar refractivity (Wildman–Crippen MR) is 121 cm³/mol. The van der Waals surface area contributed by atoms with Gasteiger partial charge in [0.1, 0.15) is 17.1 Å². The van der Waals surface area contributed by atoms with Crippen LogP contribution in [0.2, 0.25) is 0 Å². The second-order valence-electron chi connectivity index (χ2n) is 7.76. The smallest absolute Gasteiger partial charge is 0.340 e. The van der Waals surface area contributed by atoms with Gasteiger partial charge in [0.25, 0.3) is 5.88 Å². The molecule has 1 N–H and O–H groups in total. The van der Waals surface area contributed by atoms with Crippen molar-refractivity contribution in [2.45, 2.75) is 19.1 Å². The molecule has 4 rings (SSSR count). The fourth-order valence-corrected chi connectivity index (χ4v) is 4.38. The molecule has 2 aromatic heterocycles. The summed E-state index contributed by atoms with van der Waals surface area (Å²) in [6, 6.07) is 12.0. The number of benzene rings is 2. The van der Waals surface area contributed by atoms with Crippen molar-refractivity contribution in [1.82, 2.24) is 4.98 Å². The van der Waals surface area contributed by atoms with Crippen molar-refractivity contribution in [3.63, 3.8) is 0 Å². The molecule has 6 nitrogen and oxygen atoms in total. The van der Waals surface area contributed by atoms with Crippen LogP contribution >= 0.6 is 0 Å². The summed E-state index contributed by atoms with van der Waals surface area (Å²) in [5.41, 5.74) is 0.917. The second-order valence-corrected chi connectivity index (χ2v) is 10.1. The van der Waals surface area contributed by atoms with E-state index in [4.69, 9.17) is 13.9 Å². The first-order chi connectivity index (χ1) is 15.6. The van der Waals surface area contributed by atoms with Crippen LogP contribution in [0.4, 0.5) is 8.78 Å². The number of hydrogen-bond donors (Lipinski definition) is 1. The summed E-state index contributed by atoms with van der Waals surface area (Å²) in [6.07, 6.45) is 2.62. The molecule has 0 saturated heterocycles. The summed E-state index contributed by atoms with van der Waals surface area (Å²) in [7, 11) is -2.92. The number of pyridine rings is 1. The van der Waals surface area contributed by atoms with Crippen molar-refractivity contribution < 1.29 is 22.1 Å². The van der Waals surface area contributed by atoms with Crippen molar-refractivity contribution in [3.8, 4) is 11.6 Å². The lowest BCUT2D eigenvalue weighted by atomic mass is 9.98. The highest BCUT2D eigenvalue weighted by molar-refractivity contribution is 7.90. The van der Waals surface area contributed by atoms with Gasteiger partial charge >= 0.3 is 5.63 Å². The van der Waals surface area contributed by atoms with Gasteiger partial charge in [-0.05, 0) is 42.3 Å². The Kier molecular flexibility index (Phi) is 5.99. The summed E-state index contributed by atoms with van der Waals surface area (Å²) in [5.74, 6) is -1.38. The van der Waals surface area contributed by atoms with E-state index in [0.717, 1.165) is 0 Å². The summed E-state index contributed by atoms with van der Waals surface area (Å²) < 4.78 is 59.1. The summed E-state index contributed by atoms with van der Waals surface area (Å²) in [6.45, 7) is 1.73. The molecule has 0 amide bonds. The van der Waals surface area contributed by atoms with E-state index in [1.807, 2.05) is 0 Å². The first kappa shape index (κ1) is 22.6. The molecule has 0 fully saturated rings. The molecule has 0 spiro atoms. The van der Waals surface area contributed by atoms with Crippen LogP contribution in [-0.2, 0) is 21.9 Å². The van der Waals surface area contributed by atoms with Crippen LogP contribution in [0.3, 0.4) is 0 Å². The van der Waals surface area contributed by atoms with Crippen LogP contribution in [0, 0.1) is 23.3 Å². The van der Waals surface area contributed by atoms with Crippen LogP contribution in [0.15, 0.2) is 63.9 Å². The van der Waals surface area contributed by atoms with Crippen molar-refractivity contribution in [3.05, 3.63) is 99.0 Å². The number of halogens is 2. The number of rotatable bonds is 6. The van der Waals surface area contributed by atoms with E-state index in [1.165, 1.54) is 36.7 Å². The van der Waals surface area contributed by atoms with Gasteiger partial charge in [0, 0.05) is 51.2 Å². The van der Waals surface area contributed by atoms with Gasteiger partial charge in [-0.15, -0.1) is 0 Å². The van der Waals surface area contributed by atoms with E-state index in [2.05, 4.69) is 4.98 Å². The summed E-state index contributed by atoms with van der Waals surface area (Å²) >= 11 is 0. The van der Waals surface area contributed by atoms with Gasteiger partial charge in [-0.1, -0.05) is 18.2 Å². The highest BCUT2D eigenvalue weighted by Gasteiger charge is 2.17. The van der Waals surface area contributed by atoms with Crippen LogP contribution in [0.25, 0.3) is 11.0 Å². The lowest BCUT2D eigenvalue weighted by Crippen LogP contribution is -2.12. The number of ether oxygens (including phenoxy) is 1. The number of nitrogens with zero attached hydrogens (tertiary/aromatic N) is 1. The zero-order chi connectivity index (χ0) is 23.8. The highest BCUT2D eigenvalue weighted by atomic mass is 32.2. The molecule has 2 aromatic carbocycles. The molecule has 0 aliphatic heterocycles. The molecule has 0 aliphatic rings. The summed E-state index contributed by atoms with van der Waals surface area (Å²) in [5, 5.41) is 0.623. The highest BCUT2D eigenvalue weighted by Crippen LogP contribution is 2.29. The normalized spacial score (nSPS) is 13.1. The lowest BCUT2D eigenvalue weighted by molar-refractivity contribution is 0.422. The van der Waals surface area contributed by atoms with E-state index in [-0.39, 0.29) is 46.1 Å². The SMILES string of the molecule is Cc1c(Cc2cccc(CS(C)(=N)=O)c2F)c(=O)oc2cc(Oc3ncccc3F)ccc12. The van der Waals surface area contributed by atoms with Crippen LogP contribution in [-0.4, -0.2) is 15.4 Å². The van der Waals surface area contributed by atoms with Gasteiger partial charge in [-0.2, -0.15) is 0 Å². The third kappa shape index (κ3) is 4.93. The minimum atomic E-state index is -2.92. The number of hydrogen-bond acceptors (Lipinski definition) is 6. The Morgan fingerprint density at radius 1 is 1.12 bits per heavy atom. The maximum atomic E-state index is 15.0. The average Bonchev–Trinajstić information content (AvgIpc) is 2.74. The molecule has 2 heterocycles. The number of fused-ring (bicyclic) bond motifs is 1. The van der Waals surface area contributed by atoms with E-state index in [1.54, 1.807) is 31.2 Å². The monoisotopic (exact) mass is 470 g/mol. The van der Waals surface area contributed by atoms with Crippen molar-refractivity contribution >= 4 is 20.7 Å². The van der Waals surface area contributed by atoms with Gasteiger partial charge in [-0.3, -0.25) is 4.78 Å². The Morgan fingerprint density at radius 3 is 2.61 bits per heavy atom.